The lowest BCUT2D eigenvalue weighted by molar-refractivity contribution is 0.0606. The average Bonchev–Trinajstić information content (AvgIpc) is 3.24. The SMILES string of the molecule is CN[C@H]1CC[C@H](N(Cc2cccc(-c3ccncc3)c2)C(=O)c2sc3ccccc3c2Cl)CC1.Cl.Cl. The van der Waals surface area contributed by atoms with E-state index in [1.54, 1.807) is 0 Å². The van der Waals surface area contributed by atoms with Gasteiger partial charge in [0.1, 0.15) is 4.88 Å². The van der Waals surface area contributed by atoms with Gasteiger partial charge in [0.15, 0.2) is 0 Å². The Labute approximate surface area is 233 Å². The molecule has 0 spiro atoms. The third-order valence-electron chi connectivity index (χ3n) is 6.83. The average molecular weight is 563 g/mol. The van der Waals surface area contributed by atoms with Gasteiger partial charge < -0.3 is 10.2 Å². The molecule has 190 valence electrons. The summed E-state index contributed by atoms with van der Waals surface area (Å²) in [5, 5.41) is 4.93. The molecule has 2 aromatic heterocycles. The molecule has 0 aliphatic heterocycles. The summed E-state index contributed by atoms with van der Waals surface area (Å²) < 4.78 is 1.05. The van der Waals surface area contributed by atoms with E-state index >= 15 is 0 Å². The van der Waals surface area contributed by atoms with E-state index in [2.05, 4.69) is 39.5 Å². The standard InChI is InChI=1S/C28H28ClN3OS.2ClH/c1-30-22-9-11-23(12-10-22)32(28(33)27-26(29)24-7-2-3-8-25(24)34-27)18-19-5-4-6-21(17-19)20-13-15-31-16-14-20;;/h2-8,13-17,22-23,30H,9-12,18H2,1H3;2*1H/t22-,23-;;. The molecule has 0 unspecified atom stereocenters. The van der Waals surface area contributed by atoms with Crippen LogP contribution in [0.1, 0.15) is 40.9 Å². The van der Waals surface area contributed by atoms with E-state index in [4.69, 9.17) is 11.6 Å². The van der Waals surface area contributed by atoms with Crippen molar-refractivity contribution in [2.24, 2.45) is 0 Å². The molecule has 1 fully saturated rings. The van der Waals surface area contributed by atoms with Crippen LogP contribution in [0.4, 0.5) is 0 Å². The summed E-state index contributed by atoms with van der Waals surface area (Å²) in [5.74, 6) is 0.0356. The highest BCUT2D eigenvalue weighted by Crippen LogP contribution is 2.37. The van der Waals surface area contributed by atoms with E-state index in [1.807, 2.05) is 55.8 Å². The monoisotopic (exact) mass is 561 g/mol. The number of thiophene rings is 1. The first-order chi connectivity index (χ1) is 16.6. The first-order valence-electron chi connectivity index (χ1n) is 11.8. The number of amides is 1. The van der Waals surface area contributed by atoms with Gasteiger partial charge in [0.25, 0.3) is 5.91 Å². The van der Waals surface area contributed by atoms with Crippen molar-refractivity contribution < 1.29 is 4.79 Å². The van der Waals surface area contributed by atoms with E-state index < -0.39 is 0 Å². The lowest BCUT2D eigenvalue weighted by Gasteiger charge is -2.37. The molecule has 8 heteroatoms. The minimum atomic E-state index is 0. The van der Waals surface area contributed by atoms with Crippen molar-refractivity contribution in [2.45, 2.75) is 44.3 Å². The lowest BCUT2D eigenvalue weighted by atomic mass is 9.89. The van der Waals surface area contributed by atoms with Crippen molar-refractivity contribution in [1.29, 1.82) is 0 Å². The number of halogens is 3. The molecule has 4 aromatic rings. The van der Waals surface area contributed by atoms with E-state index in [1.165, 1.54) is 11.3 Å². The number of hydrogen-bond donors (Lipinski definition) is 1. The van der Waals surface area contributed by atoms with Gasteiger partial charge in [-0.05, 0) is 73.7 Å². The molecule has 1 saturated carbocycles. The molecule has 36 heavy (non-hydrogen) atoms. The first-order valence-corrected chi connectivity index (χ1v) is 13.0. The molecule has 2 aromatic carbocycles. The summed E-state index contributed by atoms with van der Waals surface area (Å²) in [6.45, 7) is 0.567. The molecule has 2 heterocycles. The minimum absolute atomic E-state index is 0. The van der Waals surface area contributed by atoms with Gasteiger partial charge in [0, 0.05) is 41.1 Å². The summed E-state index contributed by atoms with van der Waals surface area (Å²) in [7, 11) is 2.02. The molecule has 1 aliphatic rings. The molecule has 1 N–H and O–H groups in total. The zero-order valence-electron chi connectivity index (χ0n) is 20.0. The number of hydrogen-bond acceptors (Lipinski definition) is 4. The Morgan fingerprint density at radius 2 is 1.72 bits per heavy atom. The predicted molar refractivity (Wildman–Crippen MR) is 156 cm³/mol. The summed E-state index contributed by atoms with van der Waals surface area (Å²) >= 11 is 8.23. The molecule has 4 nitrogen and oxygen atoms in total. The van der Waals surface area contributed by atoms with E-state index in [0.29, 0.717) is 22.5 Å². The highest BCUT2D eigenvalue weighted by Gasteiger charge is 2.31. The third-order valence-corrected chi connectivity index (χ3v) is 8.49. The van der Waals surface area contributed by atoms with E-state index in [0.717, 1.165) is 52.5 Å². The number of fused-ring (bicyclic) bond motifs is 1. The molecule has 0 atom stereocenters. The number of nitrogens with one attached hydrogen (secondary N) is 1. The summed E-state index contributed by atoms with van der Waals surface area (Å²) in [4.78, 5) is 20.8. The van der Waals surface area contributed by atoms with Gasteiger partial charge in [0.2, 0.25) is 0 Å². The van der Waals surface area contributed by atoms with Crippen LogP contribution in [0.15, 0.2) is 73.1 Å². The van der Waals surface area contributed by atoms with Gasteiger partial charge in [-0.1, -0.05) is 48.0 Å². The van der Waals surface area contributed by atoms with Crippen molar-refractivity contribution in [2.75, 3.05) is 7.05 Å². The normalized spacial score (nSPS) is 17.2. The lowest BCUT2D eigenvalue weighted by Crippen LogP contribution is -2.44. The number of rotatable bonds is 6. The Hall–Kier alpha value is -2.15. The number of carbonyl (C=O) groups excluding carboxylic acids is 1. The van der Waals surface area contributed by atoms with Crippen LogP contribution >= 0.6 is 47.8 Å². The fourth-order valence-corrected chi connectivity index (χ4v) is 6.38. The molecular weight excluding hydrogens is 533 g/mol. The van der Waals surface area contributed by atoms with E-state index in [-0.39, 0.29) is 36.8 Å². The first kappa shape index (κ1) is 28.4. The smallest absolute Gasteiger partial charge is 0.266 e. The van der Waals surface area contributed by atoms with Gasteiger partial charge in [-0.3, -0.25) is 9.78 Å². The van der Waals surface area contributed by atoms with Crippen LogP contribution in [0.5, 0.6) is 0 Å². The van der Waals surface area contributed by atoms with Crippen LogP contribution in [-0.2, 0) is 6.54 Å². The summed E-state index contributed by atoms with van der Waals surface area (Å²) in [6.07, 6.45) is 7.74. The van der Waals surface area contributed by atoms with Gasteiger partial charge in [-0.2, -0.15) is 0 Å². The number of aromatic nitrogens is 1. The number of pyridine rings is 1. The van der Waals surface area contributed by atoms with Crippen molar-refractivity contribution >= 4 is 63.7 Å². The Balaban J connectivity index is 0.00000180. The highest BCUT2D eigenvalue weighted by atomic mass is 35.5. The fraction of sp³-hybridized carbons (Fsp3) is 0.286. The van der Waals surface area contributed by atoms with Crippen molar-refractivity contribution in [3.63, 3.8) is 0 Å². The Morgan fingerprint density at radius 3 is 2.42 bits per heavy atom. The topological polar surface area (TPSA) is 45.2 Å². The summed E-state index contributed by atoms with van der Waals surface area (Å²) in [6, 6.07) is 21.2. The van der Waals surface area contributed by atoms with Crippen molar-refractivity contribution in [3.05, 3.63) is 88.5 Å². The fourth-order valence-electron chi connectivity index (χ4n) is 4.92. The van der Waals surface area contributed by atoms with Crippen LogP contribution < -0.4 is 5.32 Å². The second-order valence-corrected chi connectivity index (χ2v) is 10.3. The van der Waals surface area contributed by atoms with Crippen LogP contribution in [0, 0.1) is 0 Å². The van der Waals surface area contributed by atoms with E-state index in [9.17, 15) is 4.79 Å². The second kappa shape index (κ2) is 12.9. The van der Waals surface area contributed by atoms with Gasteiger partial charge >= 0.3 is 0 Å². The van der Waals surface area contributed by atoms with Crippen molar-refractivity contribution in [1.82, 2.24) is 15.2 Å². The second-order valence-electron chi connectivity index (χ2n) is 8.90. The predicted octanol–water partition coefficient (Wildman–Crippen LogP) is 7.63. The Morgan fingerprint density at radius 1 is 1.00 bits per heavy atom. The largest absolute Gasteiger partial charge is 0.331 e. The van der Waals surface area contributed by atoms with Gasteiger partial charge in [0.05, 0.1) is 5.02 Å². The summed E-state index contributed by atoms with van der Waals surface area (Å²) in [5.41, 5.74) is 3.37. The van der Waals surface area contributed by atoms with Gasteiger partial charge in [-0.25, -0.2) is 0 Å². The minimum Gasteiger partial charge on any atom is -0.331 e. The Kier molecular flexibility index (Phi) is 10.2. The van der Waals surface area contributed by atoms with Gasteiger partial charge in [-0.15, -0.1) is 36.2 Å². The molecule has 0 saturated heterocycles. The molecular formula is C28H30Cl3N3OS. The molecule has 1 amide bonds. The molecule has 1 aliphatic carbocycles. The maximum absolute atomic E-state index is 14.0. The Bertz CT molecular complexity index is 1290. The molecule has 0 bridgehead atoms. The maximum Gasteiger partial charge on any atom is 0.266 e. The number of benzene rings is 2. The third kappa shape index (κ3) is 6.04. The highest BCUT2D eigenvalue weighted by molar-refractivity contribution is 7.21. The zero-order chi connectivity index (χ0) is 23.5. The zero-order valence-corrected chi connectivity index (χ0v) is 23.2. The quantitative estimate of drug-likeness (QED) is 0.263. The van der Waals surface area contributed by atoms with Crippen LogP contribution in [0.25, 0.3) is 21.2 Å². The molecule has 0 radical (unpaired) electrons. The van der Waals surface area contributed by atoms with Crippen molar-refractivity contribution in [3.8, 4) is 11.1 Å². The van der Waals surface area contributed by atoms with Crippen LogP contribution in [0.2, 0.25) is 5.02 Å². The molecule has 5 rings (SSSR count). The van der Waals surface area contributed by atoms with Crippen LogP contribution in [-0.4, -0.2) is 34.9 Å². The maximum atomic E-state index is 14.0. The number of nitrogens with zero attached hydrogens (tertiary/aromatic N) is 2. The number of carbonyl (C=O) groups is 1. The van der Waals surface area contributed by atoms with Crippen LogP contribution in [0.3, 0.4) is 0 Å².